The van der Waals surface area contributed by atoms with Crippen molar-refractivity contribution in [2.45, 2.75) is 19.8 Å². The molecule has 0 saturated heterocycles. The summed E-state index contributed by atoms with van der Waals surface area (Å²) in [5.41, 5.74) is 1.82. The number of hydrogen-bond acceptors (Lipinski definition) is 2. The summed E-state index contributed by atoms with van der Waals surface area (Å²) < 4.78 is 0. The average Bonchev–Trinajstić information content (AvgIpc) is 2.46. The predicted octanol–water partition coefficient (Wildman–Crippen LogP) is 2.33. The van der Waals surface area contributed by atoms with Crippen molar-refractivity contribution in [3.05, 3.63) is 24.2 Å². The van der Waals surface area contributed by atoms with Gasteiger partial charge in [-0.1, -0.05) is 13.8 Å². The van der Waals surface area contributed by atoms with Crippen molar-refractivity contribution in [1.82, 2.24) is 15.0 Å². The molecule has 0 unspecified atom stereocenters. The lowest BCUT2D eigenvalue weighted by Gasteiger charge is -1.95. The molecule has 2 heterocycles. The van der Waals surface area contributed by atoms with Crippen molar-refractivity contribution in [2.75, 3.05) is 0 Å². The molecule has 0 aliphatic rings. The minimum absolute atomic E-state index is 0. The number of pyridine rings is 1. The first-order valence-corrected chi connectivity index (χ1v) is 4.08. The van der Waals surface area contributed by atoms with E-state index in [-0.39, 0.29) is 1.43 Å². The van der Waals surface area contributed by atoms with Gasteiger partial charge in [0.05, 0.1) is 5.52 Å². The van der Waals surface area contributed by atoms with E-state index in [9.17, 15) is 0 Å². The maximum Gasteiger partial charge on any atom is 0.177 e. The number of nitrogens with zero attached hydrogens (tertiary/aromatic N) is 2. The summed E-state index contributed by atoms with van der Waals surface area (Å²) in [6.45, 7) is 4.22. The van der Waals surface area contributed by atoms with Gasteiger partial charge in [0.25, 0.3) is 0 Å². The molecule has 0 spiro atoms. The molecule has 0 aliphatic carbocycles. The van der Waals surface area contributed by atoms with Crippen LogP contribution in [0.1, 0.15) is 27.0 Å². The largest absolute Gasteiger partial charge is 0.340 e. The van der Waals surface area contributed by atoms with E-state index in [4.69, 9.17) is 0 Å². The molecule has 64 valence electrons. The third kappa shape index (κ3) is 1.07. The van der Waals surface area contributed by atoms with Gasteiger partial charge in [-0.2, -0.15) is 0 Å². The second kappa shape index (κ2) is 2.59. The quantitative estimate of drug-likeness (QED) is 0.701. The molecular weight excluding hydrogens is 150 g/mol. The number of hydrogen-bond donors (Lipinski definition) is 1. The standard InChI is InChI=1S/C9H11N3.H2/c1-6(2)8-11-7-4-3-5-10-9(7)12-8;/h3-6H,1-2H3,(H,10,11,12);1H. The minimum atomic E-state index is 0. The number of imidazole rings is 1. The zero-order valence-corrected chi connectivity index (χ0v) is 7.20. The fourth-order valence-corrected chi connectivity index (χ4v) is 1.14. The van der Waals surface area contributed by atoms with Gasteiger partial charge in [-0.3, -0.25) is 0 Å². The van der Waals surface area contributed by atoms with E-state index in [0.717, 1.165) is 17.0 Å². The number of aromatic nitrogens is 3. The van der Waals surface area contributed by atoms with Crippen LogP contribution in [0.3, 0.4) is 0 Å². The zero-order valence-electron chi connectivity index (χ0n) is 7.20. The number of aromatic amines is 1. The third-order valence-electron chi connectivity index (χ3n) is 1.82. The van der Waals surface area contributed by atoms with E-state index in [1.807, 2.05) is 12.1 Å². The Kier molecular flexibility index (Phi) is 1.57. The fourth-order valence-electron chi connectivity index (χ4n) is 1.14. The Hall–Kier alpha value is -1.38. The summed E-state index contributed by atoms with van der Waals surface area (Å²) in [5.74, 6) is 1.43. The van der Waals surface area contributed by atoms with Crippen LogP contribution >= 0.6 is 0 Å². The highest BCUT2D eigenvalue weighted by molar-refractivity contribution is 5.69. The second-order valence-electron chi connectivity index (χ2n) is 3.15. The molecule has 1 N–H and O–H groups in total. The smallest absolute Gasteiger partial charge is 0.177 e. The Morgan fingerprint density at radius 2 is 2.33 bits per heavy atom. The first kappa shape index (κ1) is 7.28. The molecule has 12 heavy (non-hydrogen) atoms. The Bertz CT molecular complexity index is 361. The van der Waals surface area contributed by atoms with Crippen LogP contribution < -0.4 is 0 Å². The van der Waals surface area contributed by atoms with Gasteiger partial charge in [0.2, 0.25) is 0 Å². The monoisotopic (exact) mass is 163 g/mol. The zero-order chi connectivity index (χ0) is 8.55. The molecule has 2 aromatic heterocycles. The highest BCUT2D eigenvalue weighted by atomic mass is 15.0. The Morgan fingerprint density at radius 1 is 1.50 bits per heavy atom. The maximum atomic E-state index is 4.35. The van der Waals surface area contributed by atoms with Crippen LogP contribution in [-0.2, 0) is 0 Å². The van der Waals surface area contributed by atoms with E-state index in [2.05, 4.69) is 28.8 Å². The van der Waals surface area contributed by atoms with Gasteiger partial charge in [-0.15, -0.1) is 0 Å². The van der Waals surface area contributed by atoms with Crippen molar-refractivity contribution in [2.24, 2.45) is 0 Å². The Balaban J connectivity index is 0.000000845. The molecule has 2 aromatic rings. The molecule has 0 fully saturated rings. The van der Waals surface area contributed by atoms with E-state index in [1.54, 1.807) is 6.20 Å². The van der Waals surface area contributed by atoms with E-state index in [1.165, 1.54) is 0 Å². The van der Waals surface area contributed by atoms with Crippen molar-refractivity contribution in [3.8, 4) is 0 Å². The van der Waals surface area contributed by atoms with Crippen molar-refractivity contribution >= 4 is 11.2 Å². The van der Waals surface area contributed by atoms with Crippen molar-refractivity contribution in [1.29, 1.82) is 0 Å². The maximum absolute atomic E-state index is 4.35. The number of rotatable bonds is 1. The van der Waals surface area contributed by atoms with E-state index in [0.29, 0.717) is 5.92 Å². The van der Waals surface area contributed by atoms with Gasteiger partial charge in [-0.05, 0) is 12.1 Å². The normalized spacial score (nSPS) is 11.2. The van der Waals surface area contributed by atoms with Gasteiger partial charge < -0.3 is 4.98 Å². The summed E-state index contributed by atoms with van der Waals surface area (Å²) in [5, 5.41) is 0. The van der Waals surface area contributed by atoms with Crippen LogP contribution in [-0.4, -0.2) is 15.0 Å². The van der Waals surface area contributed by atoms with Crippen LogP contribution in [0, 0.1) is 0 Å². The molecule has 0 aromatic carbocycles. The first-order chi connectivity index (χ1) is 5.77. The molecule has 3 heteroatoms. The summed E-state index contributed by atoms with van der Waals surface area (Å²) in [4.78, 5) is 11.7. The van der Waals surface area contributed by atoms with Crippen molar-refractivity contribution in [3.63, 3.8) is 0 Å². The van der Waals surface area contributed by atoms with Crippen molar-refractivity contribution < 1.29 is 1.43 Å². The summed E-state index contributed by atoms with van der Waals surface area (Å²) in [6, 6.07) is 3.89. The SMILES string of the molecule is CC(C)c1nc2ncccc2[nH]1.[HH]. The number of H-pyrrole nitrogens is 1. The van der Waals surface area contributed by atoms with E-state index >= 15 is 0 Å². The van der Waals surface area contributed by atoms with Crippen LogP contribution in [0.2, 0.25) is 0 Å². The number of nitrogens with one attached hydrogen (secondary N) is 1. The molecule has 0 atom stereocenters. The summed E-state index contributed by atoms with van der Waals surface area (Å²) >= 11 is 0. The predicted molar refractivity (Wildman–Crippen MR) is 50.1 cm³/mol. The molecule has 0 radical (unpaired) electrons. The lowest BCUT2D eigenvalue weighted by molar-refractivity contribution is 0.798. The molecule has 0 aliphatic heterocycles. The molecule has 3 nitrogen and oxygen atoms in total. The third-order valence-corrected chi connectivity index (χ3v) is 1.82. The van der Waals surface area contributed by atoms with E-state index < -0.39 is 0 Å². The van der Waals surface area contributed by atoms with Gasteiger partial charge >= 0.3 is 0 Å². The Morgan fingerprint density at radius 3 is 3.00 bits per heavy atom. The van der Waals surface area contributed by atoms with Crippen LogP contribution in [0.4, 0.5) is 0 Å². The summed E-state index contributed by atoms with van der Waals surface area (Å²) in [6.07, 6.45) is 1.76. The topological polar surface area (TPSA) is 41.6 Å². The summed E-state index contributed by atoms with van der Waals surface area (Å²) in [7, 11) is 0. The molecule has 2 rings (SSSR count). The lowest BCUT2D eigenvalue weighted by atomic mass is 10.2. The highest BCUT2D eigenvalue weighted by Crippen LogP contribution is 2.14. The first-order valence-electron chi connectivity index (χ1n) is 4.08. The molecular formula is C9H13N3. The molecule has 0 amide bonds. The Labute approximate surface area is 72.3 Å². The van der Waals surface area contributed by atoms with Gasteiger partial charge in [0, 0.05) is 13.5 Å². The lowest BCUT2D eigenvalue weighted by Crippen LogP contribution is -1.88. The fraction of sp³-hybridized carbons (Fsp3) is 0.333. The van der Waals surface area contributed by atoms with Gasteiger partial charge in [-0.25, -0.2) is 9.97 Å². The molecule has 0 bridgehead atoms. The average molecular weight is 163 g/mol. The second-order valence-corrected chi connectivity index (χ2v) is 3.15. The minimum Gasteiger partial charge on any atom is -0.340 e. The van der Waals surface area contributed by atoms with Crippen LogP contribution in [0.15, 0.2) is 18.3 Å². The number of fused-ring (bicyclic) bond motifs is 1. The molecule has 0 saturated carbocycles. The van der Waals surface area contributed by atoms with Gasteiger partial charge in [0.15, 0.2) is 5.65 Å². The van der Waals surface area contributed by atoms with Crippen LogP contribution in [0.5, 0.6) is 0 Å². The van der Waals surface area contributed by atoms with Gasteiger partial charge in [0.1, 0.15) is 5.82 Å². The van der Waals surface area contributed by atoms with Crippen LogP contribution in [0.25, 0.3) is 11.2 Å². The highest BCUT2D eigenvalue weighted by Gasteiger charge is 2.05.